The third-order valence-corrected chi connectivity index (χ3v) is 7.07. The molecule has 0 unspecified atom stereocenters. The fourth-order valence-electron chi connectivity index (χ4n) is 4.76. The van der Waals surface area contributed by atoms with Crippen LogP contribution in [-0.2, 0) is 22.7 Å². The summed E-state index contributed by atoms with van der Waals surface area (Å²) >= 11 is 0. The van der Waals surface area contributed by atoms with E-state index in [4.69, 9.17) is 0 Å². The molecule has 0 saturated heterocycles. The minimum absolute atomic E-state index is 0.193. The monoisotopic (exact) mass is 532 g/mol. The zero-order valence-electron chi connectivity index (χ0n) is 21.6. The second-order valence-corrected chi connectivity index (χ2v) is 12.4. The van der Waals surface area contributed by atoms with E-state index < -0.39 is 15.5 Å². The van der Waals surface area contributed by atoms with Gasteiger partial charge >= 0.3 is 0 Å². The Morgan fingerprint density at radius 3 is 2.76 bits per heavy atom. The first-order chi connectivity index (χ1) is 18.2. The number of halogens is 1. The standard InChI is InChI=1S/C27H29FN8OS/c1-36-11-10-21-18(16-36)12-20(13-22(21)17-6-4-5-7-17)31-27-30-15-19(14-29)25(34-27)32-24-9-8-23(28)26(33-24)35-38(2,3)37/h6,8-9,12-13,15H,4-5,7,10-11,16H2,1-3H3,(H2,30,31,32,33,34). The third-order valence-electron chi connectivity index (χ3n) is 6.46. The number of aromatic nitrogens is 3. The van der Waals surface area contributed by atoms with Crippen LogP contribution >= 0.6 is 0 Å². The molecule has 9 nitrogen and oxygen atoms in total. The predicted molar refractivity (Wildman–Crippen MR) is 148 cm³/mol. The number of nitriles is 1. The lowest BCUT2D eigenvalue weighted by molar-refractivity contribution is 0.313. The number of benzene rings is 1. The summed E-state index contributed by atoms with van der Waals surface area (Å²) in [5.41, 5.74) is 6.45. The van der Waals surface area contributed by atoms with Crippen LogP contribution in [0.1, 0.15) is 41.5 Å². The van der Waals surface area contributed by atoms with E-state index in [0.717, 1.165) is 38.0 Å². The molecule has 1 aromatic carbocycles. The lowest BCUT2D eigenvalue weighted by atomic mass is 9.89. The van der Waals surface area contributed by atoms with E-state index in [9.17, 15) is 13.9 Å². The van der Waals surface area contributed by atoms with Crippen LogP contribution < -0.4 is 10.6 Å². The number of nitrogens with one attached hydrogen (secondary N) is 2. The number of hydrogen-bond donors (Lipinski definition) is 2. The highest BCUT2D eigenvalue weighted by Crippen LogP contribution is 2.36. The molecule has 38 heavy (non-hydrogen) atoms. The van der Waals surface area contributed by atoms with Gasteiger partial charge in [0.05, 0.1) is 6.20 Å². The van der Waals surface area contributed by atoms with Crippen molar-refractivity contribution in [2.24, 2.45) is 4.36 Å². The van der Waals surface area contributed by atoms with E-state index in [1.165, 1.54) is 59.5 Å². The average molecular weight is 533 g/mol. The topological polar surface area (TPSA) is 119 Å². The maximum atomic E-state index is 14.2. The summed E-state index contributed by atoms with van der Waals surface area (Å²) in [6, 6.07) is 8.95. The van der Waals surface area contributed by atoms with Crippen molar-refractivity contribution in [3.8, 4) is 6.07 Å². The van der Waals surface area contributed by atoms with Gasteiger partial charge in [0.15, 0.2) is 17.5 Å². The Bertz CT molecular complexity index is 1600. The highest BCUT2D eigenvalue weighted by Gasteiger charge is 2.21. The predicted octanol–water partition coefficient (Wildman–Crippen LogP) is 5.28. The Morgan fingerprint density at radius 1 is 1.18 bits per heavy atom. The highest BCUT2D eigenvalue weighted by molar-refractivity contribution is 7.92. The molecule has 0 saturated carbocycles. The summed E-state index contributed by atoms with van der Waals surface area (Å²) in [5, 5.41) is 15.9. The maximum absolute atomic E-state index is 14.2. The molecule has 3 aromatic rings. The van der Waals surface area contributed by atoms with E-state index in [2.05, 4.69) is 66.2 Å². The van der Waals surface area contributed by atoms with Crippen molar-refractivity contribution in [2.45, 2.75) is 32.2 Å². The van der Waals surface area contributed by atoms with E-state index in [1.807, 2.05) is 0 Å². The van der Waals surface area contributed by atoms with E-state index in [0.29, 0.717) is 5.95 Å². The molecular weight excluding hydrogens is 503 g/mol. The van der Waals surface area contributed by atoms with Crippen molar-refractivity contribution >= 4 is 44.4 Å². The summed E-state index contributed by atoms with van der Waals surface area (Å²) < 4.78 is 30.1. The highest BCUT2D eigenvalue weighted by atomic mass is 32.2. The number of rotatable bonds is 6. The van der Waals surface area contributed by atoms with E-state index >= 15 is 0 Å². The molecule has 0 amide bonds. The Kier molecular flexibility index (Phi) is 7.10. The lowest BCUT2D eigenvalue weighted by Gasteiger charge is -2.28. The number of nitrogens with zero attached hydrogens (tertiary/aromatic N) is 6. The van der Waals surface area contributed by atoms with Crippen LogP contribution in [-0.4, -0.2) is 50.2 Å². The Hall–Kier alpha value is -3.88. The van der Waals surface area contributed by atoms with Gasteiger partial charge in [0.2, 0.25) is 5.95 Å². The molecule has 2 N–H and O–H groups in total. The zero-order valence-corrected chi connectivity index (χ0v) is 22.4. The fraction of sp³-hybridized carbons (Fsp3) is 0.333. The first kappa shape index (κ1) is 25.8. The third kappa shape index (κ3) is 5.82. The maximum Gasteiger partial charge on any atom is 0.229 e. The Balaban J connectivity index is 1.47. The summed E-state index contributed by atoms with van der Waals surface area (Å²) in [5.74, 6) is -0.242. The quantitative estimate of drug-likeness (QED) is 0.440. The minimum Gasteiger partial charge on any atom is -0.324 e. The summed E-state index contributed by atoms with van der Waals surface area (Å²) in [7, 11) is -0.488. The number of anilines is 4. The summed E-state index contributed by atoms with van der Waals surface area (Å²) in [6.45, 7) is 1.91. The van der Waals surface area contributed by atoms with Crippen molar-refractivity contribution < 1.29 is 8.60 Å². The van der Waals surface area contributed by atoms with Crippen molar-refractivity contribution in [2.75, 3.05) is 36.7 Å². The van der Waals surface area contributed by atoms with Crippen LogP contribution in [0.4, 0.5) is 33.5 Å². The number of allylic oxidation sites excluding steroid dienone is 2. The van der Waals surface area contributed by atoms with Gasteiger partial charge in [0.25, 0.3) is 0 Å². The van der Waals surface area contributed by atoms with Gasteiger partial charge < -0.3 is 15.5 Å². The first-order valence-electron chi connectivity index (χ1n) is 12.4. The van der Waals surface area contributed by atoms with E-state index in [1.54, 1.807) is 0 Å². The van der Waals surface area contributed by atoms with Gasteiger partial charge in [-0.2, -0.15) is 14.6 Å². The van der Waals surface area contributed by atoms with Gasteiger partial charge in [-0.25, -0.2) is 18.6 Å². The average Bonchev–Trinajstić information content (AvgIpc) is 3.40. The molecule has 2 aliphatic rings. The molecule has 11 heteroatoms. The van der Waals surface area contributed by atoms with Crippen LogP contribution in [0.3, 0.4) is 0 Å². The number of pyridine rings is 1. The molecule has 2 aromatic heterocycles. The summed E-state index contributed by atoms with van der Waals surface area (Å²) in [6.07, 6.45) is 10.9. The number of hydrogen-bond acceptors (Lipinski definition) is 9. The van der Waals surface area contributed by atoms with Gasteiger partial charge in [0, 0.05) is 41.0 Å². The molecule has 0 fully saturated rings. The molecule has 0 radical (unpaired) electrons. The molecule has 1 aliphatic carbocycles. The van der Waals surface area contributed by atoms with Gasteiger partial charge in [-0.05, 0) is 79.3 Å². The normalized spacial score (nSPS) is 15.4. The second-order valence-electron chi connectivity index (χ2n) is 9.86. The second kappa shape index (κ2) is 10.5. The van der Waals surface area contributed by atoms with Gasteiger partial charge in [-0.1, -0.05) is 6.08 Å². The largest absolute Gasteiger partial charge is 0.324 e. The van der Waals surface area contributed by atoms with Crippen LogP contribution in [0.25, 0.3) is 5.57 Å². The fourth-order valence-corrected chi connectivity index (χ4v) is 5.30. The Labute approximate surface area is 222 Å². The van der Waals surface area contributed by atoms with Crippen LogP contribution in [0.2, 0.25) is 0 Å². The Morgan fingerprint density at radius 2 is 2.03 bits per heavy atom. The van der Waals surface area contributed by atoms with Crippen molar-refractivity contribution in [1.82, 2.24) is 19.9 Å². The van der Waals surface area contributed by atoms with Crippen molar-refractivity contribution in [3.63, 3.8) is 0 Å². The van der Waals surface area contributed by atoms with Gasteiger partial charge in [-0.3, -0.25) is 0 Å². The SMILES string of the molecule is CN1CCc2c(cc(Nc3ncc(C#N)c(Nc4ccc(F)c(N=S(C)(C)=O)n4)n3)cc2C2=CCCC2)C1. The number of likely N-dealkylation sites (N-methyl/N-ethyl adjacent to an activating group) is 1. The van der Waals surface area contributed by atoms with Crippen LogP contribution in [0.15, 0.2) is 40.9 Å². The van der Waals surface area contributed by atoms with Crippen molar-refractivity contribution in [1.29, 1.82) is 5.26 Å². The summed E-state index contributed by atoms with van der Waals surface area (Å²) in [4.78, 5) is 15.3. The molecule has 0 atom stereocenters. The molecule has 196 valence electrons. The van der Waals surface area contributed by atoms with Crippen LogP contribution in [0.5, 0.6) is 0 Å². The number of fused-ring (bicyclic) bond motifs is 1. The molecule has 1 aliphatic heterocycles. The van der Waals surface area contributed by atoms with Gasteiger partial charge in [-0.15, -0.1) is 0 Å². The van der Waals surface area contributed by atoms with E-state index in [-0.39, 0.29) is 23.0 Å². The molecule has 0 bridgehead atoms. The molecular formula is C27H29FN8OS. The molecule has 5 rings (SSSR count). The minimum atomic E-state index is -2.61. The first-order valence-corrected chi connectivity index (χ1v) is 14.7. The van der Waals surface area contributed by atoms with Gasteiger partial charge in [0.1, 0.15) is 17.5 Å². The zero-order chi connectivity index (χ0) is 26.9. The van der Waals surface area contributed by atoms with Crippen LogP contribution in [0, 0.1) is 17.1 Å². The van der Waals surface area contributed by atoms with Crippen molar-refractivity contribution in [3.05, 3.63) is 64.6 Å². The smallest absolute Gasteiger partial charge is 0.229 e. The molecule has 0 spiro atoms. The molecule has 3 heterocycles. The lowest BCUT2D eigenvalue weighted by Crippen LogP contribution is -2.27.